The zero-order valence-electron chi connectivity index (χ0n) is 14.1. The predicted molar refractivity (Wildman–Crippen MR) is 100 cm³/mol. The van der Waals surface area contributed by atoms with Crippen LogP contribution in [0.25, 0.3) is 39.1 Å². The van der Waals surface area contributed by atoms with Gasteiger partial charge in [-0.2, -0.15) is 5.10 Å². The van der Waals surface area contributed by atoms with Crippen molar-refractivity contribution in [3.8, 4) is 22.5 Å². The predicted octanol–water partition coefficient (Wildman–Crippen LogP) is 4.99. The number of rotatable bonds is 2. The van der Waals surface area contributed by atoms with E-state index in [9.17, 15) is 4.39 Å². The molecule has 126 valence electrons. The Morgan fingerprint density at radius 1 is 0.962 bits per heavy atom. The fourth-order valence-corrected chi connectivity index (χ4v) is 3.32. The molecule has 1 N–H and O–H groups in total. The van der Waals surface area contributed by atoms with Crippen molar-refractivity contribution in [1.29, 1.82) is 0 Å². The van der Waals surface area contributed by atoms with Gasteiger partial charge in [-0.3, -0.25) is 9.50 Å². The summed E-state index contributed by atoms with van der Waals surface area (Å²) >= 11 is 0. The van der Waals surface area contributed by atoms with Crippen LogP contribution in [-0.4, -0.2) is 19.6 Å². The second-order valence-corrected chi connectivity index (χ2v) is 6.42. The summed E-state index contributed by atoms with van der Waals surface area (Å²) in [7, 11) is 0. The van der Waals surface area contributed by atoms with Crippen LogP contribution < -0.4 is 0 Å². The van der Waals surface area contributed by atoms with E-state index in [1.54, 1.807) is 18.3 Å². The molecular formula is C21H15FN4. The second-order valence-electron chi connectivity index (χ2n) is 6.42. The molecule has 0 radical (unpaired) electrons. The minimum atomic E-state index is -0.256. The SMILES string of the molecule is Cc1ccn2c(-c3ccc4cn[nH]c4c3)c(-c3ccc(F)cc3)nc2c1. The summed E-state index contributed by atoms with van der Waals surface area (Å²) in [4.78, 5) is 4.83. The van der Waals surface area contributed by atoms with Crippen LogP contribution in [0.3, 0.4) is 0 Å². The number of fused-ring (bicyclic) bond motifs is 2. The summed E-state index contributed by atoms with van der Waals surface area (Å²) in [6.45, 7) is 2.04. The standard InChI is InChI=1S/C21H15FN4/c1-13-8-9-26-19(10-13)24-20(14-4-6-17(22)7-5-14)21(26)15-2-3-16-12-23-25-18(16)11-15/h2-12H,1H3,(H,23,25). The van der Waals surface area contributed by atoms with Crippen LogP contribution in [-0.2, 0) is 0 Å². The fraction of sp³-hybridized carbons (Fsp3) is 0.0476. The number of aromatic amines is 1. The molecule has 3 aromatic heterocycles. The highest BCUT2D eigenvalue weighted by Crippen LogP contribution is 2.34. The molecule has 5 heteroatoms. The highest BCUT2D eigenvalue weighted by atomic mass is 19.1. The number of H-pyrrole nitrogens is 1. The first kappa shape index (κ1) is 14.8. The molecule has 0 atom stereocenters. The molecule has 0 aliphatic carbocycles. The van der Waals surface area contributed by atoms with Crippen molar-refractivity contribution in [3.05, 3.63) is 78.4 Å². The van der Waals surface area contributed by atoms with E-state index in [0.29, 0.717) is 0 Å². The molecule has 0 spiro atoms. The Bertz CT molecular complexity index is 1250. The van der Waals surface area contributed by atoms with Crippen molar-refractivity contribution < 1.29 is 4.39 Å². The molecule has 0 amide bonds. The maximum absolute atomic E-state index is 13.4. The average molecular weight is 342 g/mol. The number of imidazole rings is 1. The Morgan fingerprint density at radius 3 is 2.62 bits per heavy atom. The number of nitrogens with zero attached hydrogens (tertiary/aromatic N) is 3. The number of aryl methyl sites for hydroxylation is 1. The van der Waals surface area contributed by atoms with Crippen molar-refractivity contribution >= 4 is 16.6 Å². The molecule has 5 rings (SSSR count). The van der Waals surface area contributed by atoms with Gasteiger partial charge in [-0.05, 0) is 55.0 Å². The van der Waals surface area contributed by atoms with E-state index in [4.69, 9.17) is 4.98 Å². The second kappa shape index (κ2) is 5.52. The third-order valence-electron chi connectivity index (χ3n) is 4.61. The normalized spacial score (nSPS) is 11.5. The van der Waals surface area contributed by atoms with Crippen LogP contribution in [0.5, 0.6) is 0 Å². The molecule has 5 aromatic rings. The van der Waals surface area contributed by atoms with Gasteiger partial charge in [0.1, 0.15) is 11.5 Å². The average Bonchev–Trinajstić information content (AvgIpc) is 3.25. The van der Waals surface area contributed by atoms with Gasteiger partial charge in [0.25, 0.3) is 0 Å². The molecule has 26 heavy (non-hydrogen) atoms. The van der Waals surface area contributed by atoms with Gasteiger partial charge in [0.05, 0.1) is 23.1 Å². The summed E-state index contributed by atoms with van der Waals surface area (Å²) in [6, 6.07) is 16.7. The lowest BCUT2D eigenvalue weighted by Crippen LogP contribution is -1.90. The monoisotopic (exact) mass is 342 g/mol. The highest BCUT2D eigenvalue weighted by molar-refractivity contribution is 5.88. The lowest BCUT2D eigenvalue weighted by Gasteiger charge is -2.06. The van der Waals surface area contributed by atoms with Crippen LogP contribution >= 0.6 is 0 Å². The topological polar surface area (TPSA) is 46.0 Å². The zero-order valence-corrected chi connectivity index (χ0v) is 14.1. The van der Waals surface area contributed by atoms with Crippen LogP contribution in [0.4, 0.5) is 4.39 Å². The number of hydrogen-bond donors (Lipinski definition) is 1. The smallest absolute Gasteiger partial charge is 0.138 e. The Hall–Kier alpha value is -3.47. The first-order valence-corrected chi connectivity index (χ1v) is 8.37. The van der Waals surface area contributed by atoms with Crippen molar-refractivity contribution in [2.24, 2.45) is 0 Å². The zero-order chi connectivity index (χ0) is 17.7. The van der Waals surface area contributed by atoms with Gasteiger partial charge in [0.2, 0.25) is 0 Å². The Morgan fingerprint density at radius 2 is 1.77 bits per heavy atom. The fourth-order valence-electron chi connectivity index (χ4n) is 3.32. The van der Waals surface area contributed by atoms with Gasteiger partial charge in [-0.1, -0.05) is 12.1 Å². The van der Waals surface area contributed by atoms with Crippen molar-refractivity contribution in [2.75, 3.05) is 0 Å². The summed E-state index contributed by atoms with van der Waals surface area (Å²) in [5.41, 5.74) is 6.69. The molecule has 0 fully saturated rings. The minimum Gasteiger partial charge on any atom is -0.299 e. The number of hydrogen-bond acceptors (Lipinski definition) is 2. The molecule has 4 nitrogen and oxygen atoms in total. The molecule has 0 aliphatic heterocycles. The number of benzene rings is 2. The van der Waals surface area contributed by atoms with E-state index in [1.807, 2.05) is 25.3 Å². The quantitative estimate of drug-likeness (QED) is 0.491. The number of aromatic nitrogens is 4. The first-order valence-electron chi connectivity index (χ1n) is 8.37. The molecule has 0 saturated heterocycles. The summed E-state index contributed by atoms with van der Waals surface area (Å²) in [6.07, 6.45) is 3.83. The van der Waals surface area contributed by atoms with Crippen LogP contribution in [0.1, 0.15) is 5.56 Å². The lowest BCUT2D eigenvalue weighted by molar-refractivity contribution is 0.628. The lowest BCUT2D eigenvalue weighted by atomic mass is 10.0. The van der Waals surface area contributed by atoms with Crippen LogP contribution in [0.15, 0.2) is 67.0 Å². The third-order valence-corrected chi connectivity index (χ3v) is 4.61. The van der Waals surface area contributed by atoms with Gasteiger partial charge in [-0.25, -0.2) is 9.37 Å². The molecule has 0 saturated carbocycles. The molecule has 0 bridgehead atoms. The summed E-state index contributed by atoms with van der Waals surface area (Å²) < 4.78 is 15.5. The van der Waals surface area contributed by atoms with E-state index >= 15 is 0 Å². The van der Waals surface area contributed by atoms with Crippen molar-refractivity contribution in [1.82, 2.24) is 19.6 Å². The van der Waals surface area contributed by atoms with E-state index < -0.39 is 0 Å². The van der Waals surface area contributed by atoms with Gasteiger partial charge >= 0.3 is 0 Å². The van der Waals surface area contributed by atoms with Crippen LogP contribution in [0, 0.1) is 12.7 Å². The summed E-state index contributed by atoms with van der Waals surface area (Å²) in [5.74, 6) is -0.256. The minimum absolute atomic E-state index is 0.256. The van der Waals surface area contributed by atoms with Gasteiger partial charge in [-0.15, -0.1) is 0 Å². The summed E-state index contributed by atoms with van der Waals surface area (Å²) in [5, 5.41) is 8.17. The maximum Gasteiger partial charge on any atom is 0.138 e. The Kier molecular flexibility index (Phi) is 3.15. The molecule has 3 heterocycles. The molecule has 0 aliphatic rings. The van der Waals surface area contributed by atoms with Gasteiger partial charge in [0.15, 0.2) is 0 Å². The number of nitrogens with one attached hydrogen (secondary N) is 1. The van der Waals surface area contributed by atoms with E-state index in [0.717, 1.165) is 44.6 Å². The van der Waals surface area contributed by atoms with Crippen molar-refractivity contribution in [3.63, 3.8) is 0 Å². The Balaban J connectivity index is 1.83. The molecule has 2 aromatic carbocycles. The Labute approximate surface area is 148 Å². The molecular weight excluding hydrogens is 327 g/mol. The highest BCUT2D eigenvalue weighted by Gasteiger charge is 2.16. The maximum atomic E-state index is 13.4. The first-order chi connectivity index (χ1) is 12.7. The van der Waals surface area contributed by atoms with Crippen molar-refractivity contribution in [2.45, 2.75) is 6.92 Å². The molecule has 0 unspecified atom stereocenters. The van der Waals surface area contributed by atoms with Gasteiger partial charge in [0, 0.05) is 22.7 Å². The van der Waals surface area contributed by atoms with E-state index in [-0.39, 0.29) is 5.82 Å². The largest absolute Gasteiger partial charge is 0.299 e. The van der Waals surface area contributed by atoms with Gasteiger partial charge < -0.3 is 0 Å². The third kappa shape index (κ3) is 2.29. The van der Waals surface area contributed by atoms with E-state index in [2.05, 4.69) is 32.8 Å². The number of pyridine rings is 1. The number of halogens is 1. The van der Waals surface area contributed by atoms with E-state index in [1.165, 1.54) is 12.1 Å². The van der Waals surface area contributed by atoms with Crippen LogP contribution in [0.2, 0.25) is 0 Å².